The van der Waals surface area contributed by atoms with Crippen molar-refractivity contribution < 1.29 is 0 Å². The molecule has 0 amide bonds. The molecule has 0 saturated carbocycles. The van der Waals surface area contributed by atoms with Crippen LogP contribution in [0.15, 0.2) is 22.5 Å². The second-order valence-corrected chi connectivity index (χ2v) is 8.57. The lowest BCUT2D eigenvalue weighted by molar-refractivity contribution is 0.125. The second-order valence-electron chi connectivity index (χ2n) is 7.59. The van der Waals surface area contributed by atoms with Gasteiger partial charge < -0.3 is 15.5 Å². The lowest BCUT2D eigenvalue weighted by Crippen LogP contribution is -2.45. The molecule has 2 aliphatic rings. The molecule has 0 bridgehead atoms. The first-order valence-corrected chi connectivity index (χ1v) is 10.4. The average molecular weight is 491 g/mol. The first kappa shape index (κ1) is 21.9. The maximum absolute atomic E-state index is 4.43. The topological polar surface area (TPSA) is 42.9 Å². The van der Waals surface area contributed by atoms with E-state index in [1.54, 1.807) is 0 Å². The van der Waals surface area contributed by atoms with Crippen LogP contribution in [0.1, 0.15) is 30.2 Å². The van der Waals surface area contributed by atoms with Gasteiger partial charge in [-0.3, -0.25) is 9.89 Å². The van der Waals surface area contributed by atoms with E-state index in [9.17, 15) is 0 Å². The molecule has 5 nitrogen and oxygen atoms in total. The van der Waals surface area contributed by atoms with E-state index in [0.29, 0.717) is 12.0 Å². The Labute approximate surface area is 179 Å². The number of halogens is 1. The molecule has 26 heavy (non-hydrogen) atoms. The summed E-state index contributed by atoms with van der Waals surface area (Å²) in [5.74, 6) is 2.32. The van der Waals surface area contributed by atoms with Gasteiger partial charge in [0.2, 0.25) is 0 Å². The highest BCUT2D eigenvalue weighted by Crippen LogP contribution is 2.36. The first-order chi connectivity index (χ1) is 12.2. The highest BCUT2D eigenvalue weighted by molar-refractivity contribution is 14.0. The maximum atomic E-state index is 4.43. The number of hydrogen-bond acceptors (Lipinski definition) is 4. The Hall–Kier alpha value is -0.380. The number of guanidine groups is 1. The SMILES string of the molecule is CN=C(NCC1CCN(C)C1)NCC1CCCN(C)C1c1cccs1.I. The van der Waals surface area contributed by atoms with Gasteiger partial charge in [-0.05, 0) is 69.7 Å². The normalized spacial score (nSPS) is 28.0. The number of rotatable bonds is 5. The van der Waals surface area contributed by atoms with Crippen LogP contribution in [0.3, 0.4) is 0 Å². The zero-order valence-electron chi connectivity index (χ0n) is 16.3. The predicted octanol–water partition coefficient (Wildman–Crippen LogP) is 2.87. The molecule has 3 heterocycles. The standard InChI is InChI=1S/C19H33N5S.HI/c1-20-19(21-12-15-8-10-23(2)14-15)22-13-16-6-4-9-24(3)18(16)17-7-5-11-25-17;/h5,7,11,15-16,18H,4,6,8-10,12-14H2,1-3H3,(H2,20,21,22);1H. The van der Waals surface area contributed by atoms with Gasteiger partial charge in [0.1, 0.15) is 0 Å². The molecular weight excluding hydrogens is 457 g/mol. The van der Waals surface area contributed by atoms with Crippen molar-refractivity contribution >= 4 is 41.3 Å². The average Bonchev–Trinajstić information content (AvgIpc) is 3.27. The highest BCUT2D eigenvalue weighted by atomic mass is 127. The van der Waals surface area contributed by atoms with Crippen LogP contribution in [0.2, 0.25) is 0 Å². The minimum Gasteiger partial charge on any atom is -0.356 e. The van der Waals surface area contributed by atoms with Crippen molar-refractivity contribution in [3.8, 4) is 0 Å². The Morgan fingerprint density at radius 3 is 2.69 bits per heavy atom. The van der Waals surface area contributed by atoms with Crippen LogP contribution >= 0.6 is 35.3 Å². The number of thiophene rings is 1. The molecule has 7 heteroatoms. The number of nitrogens with zero attached hydrogens (tertiary/aromatic N) is 3. The molecule has 2 aliphatic heterocycles. The summed E-state index contributed by atoms with van der Waals surface area (Å²) >= 11 is 1.88. The van der Waals surface area contributed by atoms with E-state index < -0.39 is 0 Å². The van der Waals surface area contributed by atoms with Gasteiger partial charge in [-0.1, -0.05) is 6.07 Å². The van der Waals surface area contributed by atoms with Gasteiger partial charge >= 0.3 is 0 Å². The number of aliphatic imine (C=N–C) groups is 1. The van der Waals surface area contributed by atoms with Crippen LogP contribution in [-0.4, -0.2) is 69.6 Å². The monoisotopic (exact) mass is 491 g/mol. The Bertz CT molecular complexity index is 550. The van der Waals surface area contributed by atoms with Gasteiger partial charge in [-0.2, -0.15) is 0 Å². The van der Waals surface area contributed by atoms with E-state index in [-0.39, 0.29) is 24.0 Å². The Morgan fingerprint density at radius 2 is 2.04 bits per heavy atom. The number of nitrogens with one attached hydrogen (secondary N) is 2. The zero-order chi connectivity index (χ0) is 17.6. The third-order valence-corrected chi connectivity index (χ3v) is 6.59. The van der Waals surface area contributed by atoms with Crippen molar-refractivity contribution in [3.05, 3.63) is 22.4 Å². The largest absolute Gasteiger partial charge is 0.356 e. The molecular formula is C19H34IN5S. The molecule has 3 unspecified atom stereocenters. The van der Waals surface area contributed by atoms with Crippen LogP contribution in [0.4, 0.5) is 0 Å². The molecule has 1 aromatic heterocycles. The van der Waals surface area contributed by atoms with Crippen molar-refractivity contribution in [3.63, 3.8) is 0 Å². The number of piperidine rings is 1. The molecule has 2 fully saturated rings. The van der Waals surface area contributed by atoms with Crippen molar-refractivity contribution in [2.24, 2.45) is 16.8 Å². The summed E-state index contributed by atoms with van der Waals surface area (Å²) in [5, 5.41) is 9.32. The summed E-state index contributed by atoms with van der Waals surface area (Å²) in [6, 6.07) is 4.99. The summed E-state index contributed by atoms with van der Waals surface area (Å²) in [6.07, 6.45) is 3.85. The van der Waals surface area contributed by atoms with Gasteiger partial charge in [0.25, 0.3) is 0 Å². The second kappa shape index (κ2) is 10.8. The van der Waals surface area contributed by atoms with E-state index >= 15 is 0 Å². The van der Waals surface area contributed by atoms with Crippen molar-refractivity contribution in [2.45, 2.75) is 25.3 Å². The minimum atomic E-state index is 0. The summed E-state index contributed by atoms with van der Waals surface area (Å²) in [4.78, 5) is 10.8. The lowest BCUT2D eigenvalue weighted by atomic mass is 9.88. The molecule has 2 N–H and O–H groups in total. The molecule has 0 aliphatic carbocycles. The van der Waals surface area contributed by atoms with Gasteiger partial charge in [-0.25, -0.2) is 0 Å². The Morgan fingerprint density at radius 1 is 1.23 bits per heavy atom. The molecule has 3 rings (SSSR count). The smallest absolute Gasteiger partial charge is 0.190 e. The van der Waals surface area contributed by atoms with E-state index in [0.717, 1.165) is 25.0 Å². The van der Waals surface area contributed by atoms with E-state index in [1.807, 2.05) is 18.4 Å². The molecule has 0 aromatic carbocycles. The predicted molar refractivity (Wildman–Crippen MR) is 123 cm³/mol. The van der Waals surface area contributed by atoms with Crippen LogP contribution in [0.5, 0.6) is 0 Å². The number of hydrogen-bond donors (Lipinski definition) is 2. The summed E-state index contributed by atoms with van der Waals surface area (Å²) in [7, 11) is 6.34. The van der Waals surface area contributed by atoms with Crippen molar-refractivity contribution in [1.29, 1.82) is 0 Å². The molecule has 0 radical (unpaired) electrons. The summed E-state index contributed by atoms with van der Waals surface area (Å²) < 4.78 is 0. The fourth-order valence-electron chi connectivity index (χ4n) is 4.26. The van der Waals surface area contributed by atoms with Crippen molar-refractivity contribution in [1.82, 2.24) is 20.4 Å². The van der Waals surface area contributed by atoms with E-state index in [4.69, 9.17) is 0 Å². The third kappa shape index (κ3) is 5.81. The van der Waals surface area contributed by atoms with Crippen LogP contribution < -0.4 is 10.6 Å². The van der Waals surface area contributed by atoms with Crippen LogP contribution in [0, 0.1) is 11.8 Å². The summed E-state index contributed by atoms with van der Waals surface area (Å²) in [6.45, 7) is 5.61. The van der Waals surface area contributed by atoms with Crippen LogP contribution in [0.25, 0.3) is 0 Å². The van der Waals surface area contributed by atoms with Gasteiger partial charge in [-0.15, -0.1) is 35.3 Å². The lowest BCUT2D eigenvalue weighted by Gasteiger charge is -2.39. The molecule has 3 atom stereocenters. The first-order valence-electron chi connectivity index (χ1n) is 9.54. The summed E-state index contributed by atoms with van der Waals surface area (Å²) in [5.41, 5.74) is 0. The van der Waals surface area contributed by atoms with E-state index in [2.05, 4.69) is 57.0 Å². The molecule has 2 saturated heterocycles. The van der Waals surface area contributed by atoms with Crippen LogP contribution in [-0.2, 0) is 0 Å². The molecule has 148 valence electrons. The van der Waals surface area contributed by atoms with Gasteiger partial charge in [0.15, 0.2) is 5.96 Å². The Balaban J connectivity index is 0.00000243. The molecule has 0 spiro atoms. The Kier molecular flexibility index (Phi) is 9.12. The van der Waals surface area contributed by atoms with E-state index in [1.165, 1.54) is 43.8 Å². The fraction of sp³-hybridized carbons (Fsp3) is 0.737. The number of likely N-dealkylation sites (tertiary alicyclic amines) is 2. The maximum Gasteiger partial charge on any atom is 0.190 e. The van der Waals surface area contributed by atoms with Crippen molar-refractivity contribution in [2.75, 3.05) is 53.9 Å². The highest BCUT2D eigenvalue weighted by Gasteiger charge is 2.31. The zero-order valence-corrected chi connectivity index (χ0v) is 19.4. The third-order valence-electron chi connectivity index (χ3n) is 5.64. The van der Waals surface area contributed by atoms with Gasteiger partial charge in [0, 0.05) is 37.6 Å². The minimum absolute atomic E-state index is 0. The molecule has 1 aromatic rings. The fourth-order valence-corrected chi connectivity index (χ4v) is 5.25. The quantitative estimate of drug-likeness (QED) is 0.378. The van der Waals surface area contributed by atoms with Gasteiger partial charge in [0.05, 0.1) is 0 Å².